The number of rotatable bonds is 7. The molecule has 1 aromatic rings. The van der Waals surface area contributed by atoms with Crippen molar-refractivity contribution in [3.8, 4) is 0 Å². The molecule has 0 aliphatic carbocycles. The van der Waals surface area contributed by atoms with Crippen LogP contribution in [0, 0.1) is 0 Å². The summed E-state index contributed by atoms with van der Waals surface area (Å²) in [5.41, 5.74) is 0.130. The smallest absolute Gasteiger partial charge is 0.306 e. The van der Waals surface area contributed by atoms with Crippen LogP contribution in [0.15, 0.2) is 30.3 Å². The van der Waals surface area contributed by atoms with Gasteiger partial charge in [-0.3, -0.25) is 19.2 Å². The molecule has 1 spiro atoms. The van der Waals surface area contributed by atoms with E-state index in [4.69, 9.17) is 4.74 Å². The molecular weight excluding hydrogens is 400 g/mol. The van der Waals surface area contributed by atoms with Gasteiger partial charge in [-0.2, -0.15) is 0 Å². The van der Waals surface area contributed by atoms with Crippen LogP contribution in [0.25, 0.3) is 0 Å². The fourth-order valence-electron chi connectivity index (χ4n) is 4.30. The monoisotopic (exact) mass is 430 g/mol. The lowest BCUT2D eigenvalue weighted by Gasteiger charge is -2.43. The van der Waals surface area contributed by atoms with Crippen LogP contribution in [-0.4, -0.2) is 79.0 Å². The molecule has 3 amide bonds. The number of nitrogens with zero attached hydrogens (tertiary/aromatic N) is 3. The number of likely N-dealkylation sites (N-methyl/N-ethyl adjacent to an activating group) is 1. The van der Waals surface area contributed by atoms with E-state index in [0.29, 0.717) is 39.2 Å². The van der Waals surface area contributed by atoms with Crippen molar-refractivity contribution in [1.29, 1.82) is 0 Å². The molecule has 9 heteroatoms. The highest BCUT2D eigenvalue weighted by Crippen LogP contribution is 2.39. The Morgan fingerprint density at radius 3 is 2.39 bits per heavy atom. The molecule has 0 unspecified atom stereocenters. The molecule has 3 rings (SSSR count). The maximum Gasteiger partial charge on any atom is 0.306 e. The van der Waals surface area contributed by atoms with Gasteiger partial charge in [0, 0.05) is 32.2 Å². The Bertz CT molecular complexity index is 820. The second-order valence-corrected chi connectivity index (χ2v) is 7.80. The number of hydrogen-bond acceptors (Lipinski definition) is 6. The Balaban J connectivity index is 1.72. The van der Waals surface area contributed by atoms with Crippen LogP contribution in [0.2, 0.25) is 0 Å². The highest BCUT2D eigenvalue weighted by molar-refractivity contribution is 5.96. The number of esters is 1. The van der Waals surface area contributed by atoms with Gasteiger partial charge < -0.3 is 24.8 Å². The maximum atomic E-state index is 13.4. The number of anilines is 1. The van der Waals surface area contributed by atoms with E-state index in [1.54, 1.807) is 23.8 Å². The lowest BCUT2D eigenvalue weighted by molar-refractivity contribution is -0.146. The Morgan fingerprint density at radius 1 is 1.10 bits per heavy atom. The molecular formula is C22H30N4O5. The first-order valence-corrected chi connectivity index (χ1v) is 10.7. The fourth-order valence-corrected chi connectivity index (χ4v) is 4.30. The summed E-state index contributed by atoms with van der Waals surface area (Å²) in [5.74, 6) is -0.791. The second-order valence-electron chi connectivity index (χ2n) is 7.80. The molecule has 2 aliphatic heterocycles. The number of hydrogen-bond donors (Lipinski definition) is 1. The zero-order valence-electron chi connectivity index (χ0n) is 18.1. The predicted molar refractivity (Wildman–Crippen MR) is 114 cm³/mol. The Morgan fingerprint density at radius 2 is 1.77 bits per heavy atom. The van der Waals surface area contributed by atoms with E-state index >= 15 is 0 Å². The van der Waals surface area contributed by atoms with Gasteiger partial charge in [-0.25, -0.2) is 0 Å². The van der Waals surface area contributed by atoms with Crippen LogP contribution in [0.4, 0.5) is 5.69 Å². The van der Waals surface area contributed by atoms with E-state index in [0.717, 1.165) is 5.69 Å². The second kappa shape index (κ2) is 9.80. The summed E-state index contributed by atoms with van der Waals surface area (Å²) >= 11 is 0. The predicted octanol–water partition coefficient (Wildman–Crippen LogP) is 0.743. The van der Waals surface area contributed by atoms with Crippen molar-refractivity contribution in [3.05, 3.63) is 30.3 Å². The molecule has 2 saturated heterocycles. The Hall–Kier alpha value is -3.10. The average molecular weight is 431 g/mol. The molecule has 2 aliphatic rings. The highest BCUT2D eigenvalue weighted by Gasteiger charge is 2.54. The number of piperidine rings is 1. The molecule has 31 heavy (non-hydrogen) atoms. The van der Waals surface area contributed by atoms with Crippen LogP contribution in [0.5, 0.6) is 0 Å². The van der Waals surface area contributed by atoms with Gasteiger partial charge >= 0.3 is 5.97 Å². The standard InChI is InChI=1S/C22H30N4O5/c1-3-31-20(29)10-9-19(28)24-13-11-22(12-14-24)21(30)25(15-18(27)23-2)16-26(22)17-7-5-4-6-8-17/h4-8H,3,9-16H2,1-2H3,(H,23,27). The summed E-state index contributed by atoms with van der Waals surface area (Å²) in [5, 5.41) is 2.57. The molecule has 168 valence electrons. The SMILES string of the molecule is CCOC(=O)CCC(=O)N1CCC2(CC1)C(=O)N(CC(=O)NC)CN2c1ccccc1. The Kier molecular flexibility index (Phi) is 7.14. The molecule has 0 radical (unpaired) electrons. The summed E-state index contributed by atoms with van der Waals surface area (Å²) in [4.78, 5) is 54.8. The van der Waals surface area contributed by atoms with Gasteiger partial charge in [0.2, 0.25) is 11.8 Å². The number of ether oxygens (including phenoxy) is 1. The van der Waals surface area contributed by atoms with E-state index in [9.17, 15) is 19.2 Å². The van der Waals surface area contributed by atoms with Crippen LogP contribution >= 0.6 is 0 Å². The van der Waals surface area contributed by atoms with Gasteiger partial charge in [0.1, 0.15) is 12.1 Å². The number of carbonyl (C=O) groups excluding carboxylic acids is 4. The summed E-state index contributed by atoms with van der Waals surface area (Å²) in [6.07, 6.45) is 1.10. The van der Waals surface area contributed by atoms with Gasteiger partial charge in [0.05, 0.1) is 19.7 Å². The average Bonchev–Trinajstić information content (AvgIpc) is 3.04. The van der Waals surface area contributed by atoms with Crippen LogP contribution in [-0.2, 0) is 23.9 Å². The quantitative estimate of drug-likeness (QED) is 0.641. The lowest BCUT2D eigenvalue weighted by Crippen LogP contribution is -2.57. The van der Waals surface area contributed by atoms with Gasteiger partial charge in [-0.05, 0) is 31.9 Å². The first-order valence-electron chi connectivity index (χ1n) is 10.7. The van der Waals surface area contributed by atoms with E-state index in [1.807, 2.05) is 30.3 Å². The first-order chi connectivity index (χ1) is 14.9. The van der Waals surface area contributed by atoms with Crippen molar-refractivity contribution in [1.82, 2.24) is 15.1 Å². The summed E-state index contributed by atoms with van der Waals surface area (Å²) in [6, 6.07) is 9.66. The third-order valence-corrected chi connectivity index (χ3v) is 5.99. The lowest BCUT2D eigenvalue weighted by atomic mass is 9.85. The minimum Gasteiger partial charge on any atom is -0.466 e. The van der Waals surface area contributed by atoms with Crippen molar-refractivity contribution >= 4 is 29.4 Å². The number of nitrogens with one attached hydrogen (secondary N) is 1. The number of carbonyl (C=O) groups is 4. The molecule has 0 bridgehead atoms. The van der Waals surface area contributed by atoms with Crippen molar-refractivity contribution in [2.75, 3.05) is 44.9 Å². The molecule has 0 saturated carbocycles. The third kappa shape index (κ3) is 4.81. The fraction of sp³-hybridized carbons (Fsp3) is 0.545. The minimum absolute atomic E-state index is 0.00258. The molecule has 9 nitrogen and oxygen atoms in total. The van der Waals surface area contributed by atoms with E-state index in [2.05, 4.69) is 10.2 Å². The van der Waals surface area contributed by atoms with Gasteiger partial charge in [-0.15, -0.1) is 0 Å². The molecule has 1 aromatic carbocycles. The van der Waals surface area contributed by atoms with E-state index in [-0.39, 0.29) is 43.1 Å². The molecule has 2 heterocycles. The maximum absolute atomic E-state index is 13.4. The van der Waals surface area contributed by atoms with Crippen molar-refractivity contribution < 1.29 is 23.9 Å². The van der Waals surface area contributed by atoms with Crippen molar-refractivity contribution in [2.24, 2.45) is 0 Å². The number of benzene rings is 1. The van der Waals surface area contributed by atoms with Gasteiger partial charge in [0.25, 0.3) is 5.91 Å². The van der Waals surface area contributed by atoms with Gasteiger partial charge in [-0.1, -0.05) is 18.2 Å². The third-order valence-electron chi connectivity index (χ3n) is 5.99. The zero-order valence-corrected chi connectivity index (χ0v) is 18.1. The van der Waals surface area contributed by atoms with E-state index in [1.165, 1.54) is 0 Å². The summed E-state index contributed by atoms with van der Waals surface area (Å²) in [7, 11) is 1.55. The van der Waals surface area contributed by atoms with Crippen molar-refractivity contribution in [3.63, 3.8) is 0 Å². The minimum atomic E-state index is -0.784. The normalized spacial score (nSPS) is 17.7. The van der Waals surface area contributed by atoms with Gasteiger partial charge in [0.15, 0.2) is 0 Å². The number of para-hydroxylation sites is 1. The number of amides is 3. The molecule has 0 aromatic heterocycles. The molecule has 1 N–H and O–H groups in total. The summed E-state index contributed by atoms with van der Waals surface area (Å²) < 4.78 is 4.89. The van der Waals surface area contributed by atoms with Crippen molar-refractivity contribution in [2.45, 2.75) is 38.1 Å². The highest BCUT2D eigenvalue weighted by atomic mass is 16.5. The Labute approximate surface area is 182 Å². The number of likely N-dealkylation sites (tertiary alicyclic amines) is 1. The van der Waals surface area contributed by atoms with Crippen LogP contribution in [0.3, 0.4) is 0 Å². The van der Waals surface area contributed by atoms with Crippen LogP contribution < -0.4 is 10.2 Å². The zero-order chi connectivity index (χ0) is 22.4. The largest absolute Gasteiger partial charge is 0.466 e. The molecule has 0 atom stereocenters. The van der Waals surface area contributed by atoms with Crippen LogP contribution in [0.1, 0.15) is 32.6 Å². The van der Waals surface area contributed by atoms with E-state index < -0.39 is 5.54 Å². The first kappa shape index (κ1) is 22.6. The summed E-state index contributed by atoms with van der Waals surface area (Å²) in [6.45, 7) is 3.20. The molecule has 2 fully saturated rings. The topological polar surface area (TPSA) is 99.3 Å².